The van der Waals surface area contributed by atoms with E-state index in [0.29, 0.717) is 0 Å². The molecule has 1 fully saturated rings. The smallest absolute Gasteiger partial charge is 0.124 e. The average Bonchev–Trinajstić information content (AvgIpc) is 2.89. The van der Waals surface area contributed by atoms with E-state index in [1.165, 1.54) is 31.2 Å². The lowest BCUT2D eigenvalue weighted by Crippen LogP contribution is -2.04. The van der Waals surface area contributed by atoms with Crippen LogP contribution in [0.15, 0.2) is 18.2 Å². The quantitative estimate of drug-likeness (QED) is 0.853. The molecule has 0 heterocycles. The summed E-state index contributed by atoms with van der Waals surface area (Å²) in [6, 6.07) is 6.01. The topological polar surface area (TPSA) is 29.5 Å². The number of aryl methyl sites for hydroxylation is 1. The molecule has 0 radical (unpaired) electrons. The summed E-state index contributed by atoms with van der Waals surface area (Å²) in [6.45, 7) is 2.05. The molecule has 18 heavy (non-hydrogen) atoms. The van der Waals surface area contributed by atoms with Gasteiger partial charge in [0.2, 0.25) is 0 Å². The number of methoxy groups -OCH3 is 1. The van der Waals surface area contributed by atoms with Crippen LogP contribution in [0.5, 0.6) is 5.75 Å². The van der Waals surface area contributed by atoms with E-state index in [9.17, 15) is 5.11 Å². The molecule has 1 saturated carbocycles. The highest BCUT2D eigenvalue weighted by Crippen LogP contribution is 2.34. The summed E-state index contributed by atoms with van der Waals surface area (Å²) in [7, 11) is 1.66. The molecule has 1 N–H and O–H groups in total. The highest BCUT2D eigenvalue weighted by Gasteiger charge is 2.19. The van der Waals surface area contributed by atoms with Crippen molar-refractivity contribution in [3.8, 4) is 5.75 Å². The first-order chi connectivity index (χ1) is 8.70. The maximum absolute atomic E-state index is 10.3. The fraction of sp³-hybridized carbons (Fsp3) is 0.625. The fourth-order valence-corrected chi connectivity index (χ4v) is 2.96. The Labute approximate surface area is 110 Å². The van der Waals surface area contributed by atoms with Crippen molar-refractivity contribution < 1.29 is 9.84 Å². The van der Waals surface area contributed by atoms with Gasteiger partial charge in [0.05, 0.1) is 13.2 Å². The molecule has 0 spiro atoms. The molecule has 100 valence electrons. The van der Waals surface area contributed by atoms with Crippen LogP contribution in [0.1, 0.15) is 55.8 Å². The first-order valence-electron chi connectivity index (χ1n) is 7.03. The zero-order valence-electron chi connectivity index (χ0n) is 11.5. The molecule has 0 aliphatic heterocycles. The van der Waals surface area contributed by atoms with Crippen LogP contribution < -0.4 is 4.74 Å². The Morgan fingerprint density at radius 3 is 2.72 bits per heavy atom. The van der Waals surface area contributed by atoms with Crippen molar-refractivity contribution in [1.82, 2.24) is 0 Å². The average molecular weight is 248 g/mol. The van der Waals surface area contributed by atoms with Crippen LogP contribution >= 0.6 is 0 Å². The Morgan fingerprint density at radius 2 is 2.06 bits per heavy atom. The van der Waals surface area contributed by atoms with Crippen molar-refractivity contribution in [2.45, 2.75) is 51.6 Å². The minimum absolute atomic E-state index is 0.388. The summed E-state index contributed by atoms with van der Waals surface area (Å²) in [5.41, 5.74) is 2.11. The van der Waals surface area contributed by atoms with E-state index in [0.717, 1.165) is 30.1 Å². The number of ether oxygens (including phenoxy) is 1. The zero-order chi connectivity index (χ0) is 13.0. The summed E-state index contributed by atoms with van der Waals surface area (Å²) in [4.78, 5) is 0. The molecule has 0 bridgehead atoms. The van der Waals surface area contributed by atoms with Crippen molar-refractivity contribution in [2.24, 2.45) is 5.92 Å². The van der Waals surface area contributed by atoms with Crippen LogP contribution in [0, 0.1) is 12.8 Å². The van der Waals surface area contributed by atoms with Crippen LogP contribution in [-0.2, 0) is 0 Å². The second-order valence-electron chi connectivity index (χ2n) is 5.49. The van der Waals surface area contributed by atoms with Gasteiger partial charge in [0.15, 0.2) is 0 Å². The number of hydrogen-bond acceptors (Lipinski definition) is 2. The third kappa shape index (κ3) is 3.26. The second kappa shape index (κ2) is 6.24. The molecule has 1 aromatic rings. The third-order valence-electron chi connectivity index (χ3n) is 4.07. The normalized spacial score (nSPS) is 17.9. The molecule has 2 nitrogen and oxygen atoms in total. The predicted molar refractivity (Wildman–Crippen MR) is 73.9 cm³/mol. The molecular weight excluding hydrogens is 224 g/mol. The Hall–Kier alpha value is -1.02. The molecule has 1 unspecified atom stereocenters. The fourth-order valence-electron chi connectivity index (χ4n) is 2.96. The lowest BCUT2D eigenvalue weighted by atomic mass is 9.95. The van der Waals surface area contributed by atoms with Gasteiger partial charge >= 0.3 is 0 Å². The molecule has 0 amide bonds. The molecular formula is C16H24O2. The second-order valence-corrected chi connectivity index (χ2v) is 5.49. The van der Waals surface area contributed by atoms with Gasteiger partial charge < -0.3 is 9.84 Å². The summed E-state index contributed by atoms with van der Waals surface area (Å²) < 4.78 is 5.33. The number of aliphatic hydroxyl groups excluding tert-OH is 1. The molecule has 2 rings (SSSR count). The van der Waals surface area contributed by atoms with Crippen molar-refractivity contribution in [3.63, 3.8) is 0 Å². The number of benzene rings is 1. The van der Waals surface area contributed by atoms with Crippen molar-refractivity contribution in [2.75, 3.05) is 7.11 Å². The minimum Gasteiger partial charge on any atom is -0.496 e. The Kier molecular flexibility index (Phi) is 4.65. The highest BCUT2D eigenvalue weighted by atomic mass is 16.5. The Bertz CT molecular complexity index is 381. The van der Waals surface area contributed by atoms with Crippen LogP contribution in [0.2, 0.25) is 0 Å². The van der Waals surface area contributed by atoms with E-state index < -0.39 is 0 Å². The lowest BCUT2D eigenvalue weighted by Gasteiger charge is -2.17. The largest absolute Gasteiger partial charge is 0.496 e. The summed E-state index contributed by atoms with van der Waals surface area (Å²) in [6.07, 6.45) is 7.03. The maximum atomic E-state index is 10.3. The van der Waals surface area contributed by atoms with Gasteiger partial charge in [-0.2, -0.15) is 0 Å². The third-order valence-corrected chi connectivity index (χ3v) is 4.07. The molecule has 1 aliphatic carbocycles. The van der Waals surface area contributed by atoms with Crippen molar-refractivity contribution in [1.29, 1.82) is 0 Å². The van der Waals surface area contributed by atoms with E-state index in [4.69, 9.17) is 4.74 Å². The van der Waals surface area contributed by atoms with Crippen molar-refractivity contribution >= 4 is 0 Å². The van der Waals surface area contributed by atoms with Crippen LogP contribution in [0.4, 0.5) is 0 Å². The summed E-state index contributed by atoms with van der Waals surface area (Å²) >= 11 is 0. The van der Waals surface area contributed by atoms with Crippen LogP contribution in [0.3, 0.4) is 0 Å². The van der Waals surface area contributed by atoms with Gasteiger partial charge in [-0.1, -0.05) is 37.3 Å². The Morgan fingerprint density at radius 1 is 1.33 bits per heavy atom. The van der Waals surface area contributed by atoms with Gasteiger partial charge in [-0.15, -0.1) is 0 Å². The van der Waals surface area contributed by atoms with Crippen molar-refractivity contribution in [3.05, 3.63) is 29.3 Å². The van der Waals surface area contributed by atoms with Gasteiger partial charge in [-0.25, -0.2) is 0 Å². The van der Waals surface area contributed by atoms with E-state index in [2.05, 4.69) is 0 Å². The predicted octanol–water partition coefficient (Wildman–Crippen LogP) is 4.01. The lowest BCUT2D eigenvalue weighted by molar-refractivity contribution is 0.153. The molecule has 0 saturated heterocycles. The molecule has 1 aliphatic rings. The zero-order valence-corrected chi connectivity index (χ0v) is 11.5. The number of rotatable bonds is 5. The number of aliphatic hydroxyl groups is 1. The SMILES string of the molecule is COc1ccc(C)cc1C(O)CCC1CCCC1. The molecule has 1 atom stereocenters. The standard InChI is InChI=1S/C16H24O2/c1-12-7-10-16(18-2)14(11-12)15(17)9-8-13-5-3-4-6-13/h7,10-11,13,15,17H,3-6,8-9H2,1-2H3. The van der Waals surface area contributed by atoms with E-state index >= 15 is 0 Å². The maximum Gasteiger partial charge on any atom is 0.124 e. The summed E-state index contributed by atoms with van der Waals surface area (Å²) in [5, 5.41) is 10.3. The summed E-state index contributed by atoms with van der Waals surface area (Å²) in [5.74, 6) is 1.63. The molecule has 2 heteroatoms. The number of hydrogen-bond donors (Lipinski definition) is 1. The first kappa shape index (κ1) is 13.4. The van der Waals surface area contributed by atoms with Gasteiger partial charge in [0.1, 0.15) is 5.75 Å². The van der Waals surface area contributed by atoms with Crippen LogP contribution in [-0.4, -0.2) is 12.2 Å². The van der Waals surface area contributed by atoms with E-state index in [1.54, 1.807) is 7.11 Å². The van der Waals surface area contributed by atoms with Gasteiger partial charge in [-0.3, -0.25) is 0 Å². The monoisotopic (exact) mass is 248 g/mol. The Balaban J connectivity index is 1.98. The van der Waals surface area contributed by atoms with Gasteiger partial charge in [0.25, 0.3) is 0 Å². The van der Waals surface area contributed by atoms with Crippen LogP contribution in [0.25, 0.3) is 0 Å². The molecule has 0 aromatic heterocycles. The van der Waals surface area contributed by atoms with E-state index in [-0.39, 0.29) is 6.10 Å². The molecule has 1 aromatic carbocycles. The van der Waals surface area contributed by atoms with E-state index in [1.807, 2.05) is 25.1 Å². The van der Waals surface area contributed by atoms with Gasteiger partial charge in [0, 0.05) is 5.56 Å². The first-order valence-corrected chi connectivity index (χ1v) is 7.03. The highest BCUT2D eigenvalue weighted by molar-refractivity contribution is 5.38. The minimum atomic E-state index is -0.388. The van der Waals surface area contributed by atoms with Gasteiger partial charge in [-0.05, 0) is 37.8 Å².